The van der Waals surface area contributed by atoms with Crippen molar-refractivity contribution >= 4 is 23.3 Å². The van der Waals surface area contributed by atoms with E-state index in [4.69, 9.17) is 16.3 Å². The maximum atomic E-state index is 12.3. The monoisotopic (exact) mass is 353 g/mol. The Hall–Kier alpha value is -2.79. The maximum absolute atomic E-state index is 12.3. The van der Waals surface area contributed by atoms with E-state index in [9.17, 15) is 4.79 Å². The second-order valence-corrected chi connectivity index (χ2v) is 6.35. The summed E-state index contributed by atoms with van der Waals surface area (Å²) in [7, 11) is 1.62. The lowest BCUT2D eigenvalue weighted by molar-refractivity contribution is -0.116. The average Bonchev–Trinajstić information content (AvgIpc) is 3.04. The third-order valence-corrected chi connectivity index (χ3v) is 4.59. The molecule has 0 aliphatic carbocycles. The normalized spacial score (nSPS) is 16.2. The van der Waals surface area contributed by atoms with Gasteiger partial charge in [0.15, 0.2) is 0 Å². The van der Waals surface area contributed by atoms with E-state index in [2.05, 4.69) is 10.3 Å². The molecule has 1 N–H and O–H groups in total. The zero-order valence-corrected chi connectivity index (χ0v) is 14.3. The molecule has 3 aromatic rings. The Morgan fingerprint density at radius 1 is 1.24 bits per heavy atom. The molecular weight excluding hydrogens is 338 g/mol. The smallest absolute Gasteiger partial charge is 0.226 e. The van der Waals surface area contributed by atoms with Gasteiger partial charge in [0.05, 0.1) is 18.5 Å². The number of halogens is 1. The molecule has 0 spiro atoms. The fourth-order valence-electron chi connectivity index (χ4n) is 3.16. The molecule has 1 aliphatic rings. The van der Waals surface area contributed by atoms with Gasteiger partial charge in [0.2, 0.25) is 5.91 Å². The number of rotatable bonds is 3. The summed E-state index contributed by atoms with van der Waals surface area (Å²) in [6.45, 7) is 0. The summed E-state index contributed by atoms with van der Waals surface area (Å²) in [5.74, 6) is 1.28. The number of amides is 1. The minimum absolute atomic E-state index is 0.0397. The first-order chi connectivity index (χ1) is 12.2. The van der Waals surface area contributed by atoms with E-state index in [0.717, 1.165) is 22.7 Å². The van der Waals surface area contributed by atoms with Crippen LogP contribution in [-0.2, 0) is 4.79 Å². The lowest BCUT2D eigenvalue weighted by Gasteiger charge is -2.23. The quantitative estimate of drug-likeness (QED) is 0.774. The van der Waals surface area contributed by atoms with E-state index < -0.39 is 0 Å². The lowest BCUT2D eigenvalue weighted by atomic mass is 9.90. The van der Waals surface area contributed by atoms with E-state index in [1.165, 1.54) is 0 Å². The maximum Gasteiger partial charge on any atom is 0.226 e. The standard InChI is InChI=1S/C19H16ClN3O2/c1-25-15-7-3-6-14(9-15)23-11-21-18-16(10-17(24)22-19(18)23)12-4-2-5-13(20)8-12/h2-9,11,16H,10H2,1H3,(H,22,24)/t16-/m1/s1. The van der Waals surface area contributed by atoms with Crippen LogP contribution in [0.3, 0.4) is 0 Å². The first kappa shape index (κ1) is 15.7. The number of benzene rings is 2. The van der Waals surface area contributed by atoms with Crippen LogP contribution in [0.4, 0.5) is 5.82 Å². The van der Waals surface area contributed by atoms with Gasteiger partial charge in [-0.25, -0.2) is 4.98 Å². The molecular formula is C19H16ClN3O2. The highest BCUT2D eigenvalue weighted by atomic mass is 35.5. The number of nitrogens with one attached hydrogen (secondary N) is 1. The highest BCUT2D eigenvalue weighted by molar-refractivity contribution is 6.30. The molecule has 4 rings (SSSR count). The second-order valence-electron chi connectivity index (χ2n) is 5.91. The summed E-state index contributed by atoms with van der Waals surface area (Å²) in [4.78, 5) is 16.9. The lowest BCUT2D eigenvalue weighted by Crippen LogP contribution is -2.24. The average molecular weight is 354 g/mol. The summed E-state index contributed by atoms with van der Waals surface area (Å²) in [6.07, 6.45) is 2.07. The Kier molecular flexibility index (Phi) is 3.93. The summed E-state index contributed by atoms with van der Waals surface area (Å²) in [5, 5.41) is 3.60. The van der Waals surface area contributed by atoms with Crippen molar-refractivity contribution in [3.63, 3.8) is 0 Å². The molecule has 5 nitrogen and oxygen atoms in total. The molecule has 6 heteroatoms. The highest BCUT2D eigenvalue weighted by Crippen LogP contribution is 2.38. The number of anilines is 1. The Morgan fingerprint density at radius 2 is 2.08 bits per heavy atom. The van der Waals surface area contributed by atoms with Crippen LogP contribution in [0.2, 0.25) is 5.02 Å². The number of carbonyl (C=O) groups is 1. The van der Waals surface area contributed by atoms with Crippen molar-refractivity contribution in [1.82, 2.24) is 9.55 Å². The van der Waals surface area contributed by atoms with Gasteiger partial charge in [-0.15, -0.1) is 0 Å². The molecule has 0 fully saturated rings. The fraction of sp³-hybridized carbons (Fsp3) is 0.158. The van der Waals surface area contributed by atoms with Gasteiger partial charge in [-0.1, -0.05) is 29.8 Å². The van der Waals surface area contributed by atoms with E-state index >= 15 is 0 Å². The summed E-state index contributed by atoms with van der Waals surface area (Å²) < 4.78 is 7.15. The number of hydrogen-bond donors (Lipinski definition) is 1. The van der Waals surface area contributed by atoms with Crippen molar-refractivity contribution in [2.75, 3.05) is 12.4 Å². The van der Waals surface area contributed by atoms with Crippen molar-refractivity contribution in [3.8, 4) is 11.4 Å². The van der Waals surface area contributed by atoms with Crippen LogP contribution in [0, 0.1) is 0 Å². The minimum atomic E-state index is -0.116. The topological polar surface area (TPSA) is 56.1 Å². The Balaban J connectivity index is 1.81. The predicted molar refractivity (Wildman–Crippen MR) is 96.7 cm³/mol. The van der Waals surface area contributed by atoms with E-state index in [0.29, 0.717) is 17.3 Å². The molecule has 25 heavy (non-hydrogen) atoms. The zero-order valence-electron chi connectivity index (χ0n) is 13.6. The van der Waals surface area contributed by atoms with Crippen LogP contribution in [0.1, 0.15) is 23.6 Å². The van der Waals surface area contributed by atoms with Gasteiger partial charge in [0, 0.05) is 23.4 Å². The molecule has 0 saturated carbocycles. The summed E-state index contributed by atoms with van der Waals surface area (Å²) in [6, 6.07) is 15.2. The van der Waals surface area contributed by atoms with Crippen LogP contribution in [0.5, 0.6) is 5.75 Å². The summed E-state index contributed by atoms with van der Waals surface area (Å²) in [5.41, 5.74) is 2.70. The Labute approximate surface area is 150 Å². The number of methoxy groups -OCH3 is 1. The first-order valence-electron chi connectivity index (χ1n) is 7.92. The van der Waals surface area contributed by atoms with Crippen LogP contribution in [-0.4, -0.2) is 22.6 Å². The van der Waals surface area contributed by atoms with Gasteiger partial charge in [-0.3, -0.25) is 9.36 Å². The molecule has 2 aromatic carbocycles. The summed E-state index contributed by atoms with van der Waals surface area (Å²) >= 11 is 6.12. The van der Waals surface area contributed by atoms with Crippen LogP contribution < -0.4 is 10.1 Å². The van der Waals surface area contributed by atoms with Gasteiger partial charge in [0.25, 0.3) is 0 Å². The van der Waals surface area contributed by atoms with Gasteiger partial charge in [-0.05, 0) is 29.8 Å². The van der Waals surface area contributed by atoms with Crippen LogP contribution >= 0.6 is 11.6 Å². The van der Waals surface area contributed by atoms with Crippen molar-refractivity contribution in [3.05, 3.63) is 71.1 Å². The second kappa shape index (κ2) is 6.26. The van der Waals surface area contributed by atoms with Gasteiger partial charge in [-0.2, -0.15) is 0 Å². The van der Waals surface area contributed by atoms with E-state index in [1.54, 1.807) is 13.4 Å². The minimum Gasteiger partial charge on any atom is -0.497 e. The third-order valence-electron chi connectivity index (χ3n) is 4.36. The molecule has 1 aromatic heterocycles. The van der Waals surface area contributed by atoms with Gasteiger partial charge < -0.3 is 10.1 Å². The first-order valence-corrected chi connectivity index (χ1v) is 8.30. The molecule has 0 saturated heterocycles. The number of carbonyl (C=O) groups excluding carboxylic acids is 1. The molecule has 0 radical (unpaired) electrons. The number of aromatic nitrogens is 2. The molecule has 1 amide bonds. The van der Waals surface area contributed by atoms with Crippen LogP contribution in [0.15, 0.2) is 54.9 Å². The highest BCUT2D eigenvalue weighted by Gasteiger charge is 2.31. The number of nitrogens with zero attached hydrogens (tertiary/aromatic N) is 2. The van der Waals surface area contributed by atoms with Crippen molar-refractivity contribution in [1.29, 1.82) is 0 Å². The SMILES string of the molecule is COc1cccc(-n2cnc3c2NC(=O)C[C@@H]3c2cccc(Cl)c2)c1. The van der Waals surface area contributed by atoms with E-state index in [1.807, 2.05) is 53.1 Å². The number of fused-ring (bicyclic) bond motifs is 1. The fourth-order valence-corrected chi connectivity index (χ4v) is 3.36. The number of ether oxygens (including phenoxy) is 1. The van der Waals surface area contributed by atoms with Crippen molar-refractivity contribution in [2.24, 2.45) is 0 Å². The molecule has 1 aliphatic heterocycles. The van der Waals surface area contributed by atoms with E-state index in [-0.39, 0.29) is 11.8 Å². The molecule has 126 valence electrons. The molecule has 1 atom stereocenters. The largest absolute Gasteiger partial charge is 0.497 e. The Morgan fingerprint density at radius 3 is 2.88 bits per heavy atom. The van der Waals surface area contributed by atoms with Gasteiger partial charge in [0.1, 0.15) is 17.9 Å². The van der Waals surface area contributed by atoms with Crippen molar-refractivity contribution < 1.29 is 9.53 Å². The van der Waals surface area contributed by atoms with Gasteiger partial charge >= 0.3 is 0 Å². The van der Waals surface area contributed by atoms with Crippen molar-refractivity contribution in [2.45, 2.75) is 12.3 Å². The Bertz CT molecular complexity index is 951. The zero-order chi connectivity index (χ0) is 17.4. The van der Waals surface area contributed by atoms with Crippen LogP contribution in [0.25, 0.3) is 5.69 Å². The predicted octanol–water partition coefficient (Wildman–Crippen LogP) is 4.01. The molecule has 0 bridgehead atoms. The molecule has 2 heterocycles. The number of imidazole rings is 1. The molecule has 0 unspecified atom stereocenters. The number of hydrogen-bond acceptors (Lipinski definition) is 3. The third kappa shape index (κ3) is 2.87.